The summed E-state index contributed by atoms with van der Waals surface area (Å²) in [7, 11) is -2.02. The maximum Gasteiger partial charge on any atom is 0.253 e. The summed E-state index contributed by atoms with van der Waals surface area (Å²) in [6.07, 6.45) is 1.14. The van der Waals surface area contributed by atoms with Gasteiger partial charge in [0.1, 0.15) is 5.75 Å². The van der Waals surface area contributed by atoms with Crippen molar-refractivity contribution in [3.8, 4) is 5.75 Å². The number of nitrogens with one attached hydrogen (secondary N) is 1. The average molecular weight is 439 g/mol. The number of benzene rings is 3. The van der Waals surface area contributed by atoms with Crippen LogP contribution in [0.4, 0.5) is 5.69 Å². The lowest BCUT2D eigenvalue weighted by molar-refractivity contribution is 0.0940. The van der Waals surface area contributed by atoms with Crippen LogP contribution in [0.25, 0.3) is 0 Å². The Bertz CT molecular complexity index is 1130. The molecule has 0 saturated carbocycles. The first kappa shape index (κ1) is 22.4. The van der Waals surface area contributed by atoms with Crippen molar-refractivity contribution in [2.75, 3.05) is 17.7 Å². The fraction of sp³-hybridized carbons (Fsp3) is 0.208. The van der Waals surface area contributed by atoms with Gasteiger partial charge in [0.05, 0.1) is 37.2 Å². The summed E-state index contributed by atoms with van der Waals surface area (Å²) in [5.41, 5.74) is 2.38. The van der Waals surface area contributed by atoms with E-state index in [0.717, 1.165) is 23.1 Å². The highest BCUT2D eigenvalue weighted by molar-refractivity contribution is 7.92. The molecule has 3 aromatic rings. The number of rotatable bonds is 8. The van der Waals surface area contributed by atoms with Crippen LogP contribution >= 0.6 is 0 Å². The summed E-state index contributed by atoms with van der Waals surface area (Å²) in [5.74, 6) is 0.387. The standard InChI is InChI=1S/C24H26N2O4S/c1-18(20-13-15-21(30-2)16-14-20)25-24(27)22-11-7-8-12-23(22)26(31(3,28)29)17-19-9-5-4-6-10-19/h4-16,18H,17H2,1-3H3,(H,25,27)/t18-/m1/s1. The number of para-hydroxylation sites is 1. The number of carbonyl (C=O) groups is 1. The molecular weight excluding hydrogens is 412 g/mol. The molecule has 0 saturated heterocycles. The molecule has 7 heteroatoms. The lowest BCUT2D eigenvalue weighted by Crippen LogP contribution is -2.33. The van der Waals surface area contributed by atoms with Gasteiger partial charge in [0.2, 0.25) is 10.0 Å². The Kier molecular flexibility index (Phi) is 6.97. The lowest BCUT2D eigenvalue weighted by atomic mass is 10.1. The van der Waals surface area contributed by atoms with Gasteiger partial charge in [-0.05, 0) is 42.3 Å². The molecule has 0 spiro atoms. The first-order valence-electron chi connectivity index (χ1n) is 9.85. The zero-order valence-electron chi connectivity index (χ0n) is 17.8. The third-order valence-electron chi connectivity index (χ3n) is 4.95. The smallest absolute Gasteiger partial charge is 0.253 e. The Balaban J connectivity index is 1.88. The fourth-order valence-corrected chi connectivity index (χ4v) is 4.16. The van der Waals surface area contributed by atoms with Gasteiger partial charge in [0, 0.05) is 0 Å². The van der Waals surface area contributed by atoms with Gasteiger partial charge < -0.3 is 10.1 Å². The molecule has 0 fully saturated rings. The molecule has 0 aliphatic carbocycles. The van der Waals surface area contributed by atoms with Crippen LogP contribution in [0, 0.1) is 0 Å². The van der Waals surface area contributed by atoms with Crippen molar-refractivity contribution in [2.45, 2.75) is 19.5 Å². The Morgan fingerprint density at radius 1 is 0.968 bits per heavy atom. The number of hydrogen-bond acceptors (Lipinski definition) is 4. The second kappa shape index (κ2) is 9.66. The van der Waals surface area contributed by atoms with E-state index in [-0.39, 0.29) is 18.5 Å². The van der Waals surface area contributed by atoms with E-state index in [2.05, 4.69) is 5.32 Å². The van der Waals surface area contributed by atoms with E-state index in [4.69, 9.17) is 4.74 Å². The molecule has 0 heterocycles. The summed E-state index contributed by atoms with van der Waals surface area (Å²) >= 11 is 0. The number of nitrogens with zero attached hydrogens (tertiary/aromatic N) is 1. The van der Waals surface area contributed by atoms with Gasteiger partial charge in [0.15, 0.2) is 0 Å². The van der Waals surface area contributed by atoms with Crippen LogP contribution < -0.4 is 14.4 Å². The molecule has 162 valence electrons. The van der Waals surface area contributed by atoms with Gasteiger partial charge in [-0.25, -0.2) is 8.42 Å². The highest BCUT2D eigenvalue weighted by Gasteiger charge is 2.24. The van der Waals surface area contributed by atoms with Crippen LogP contribution in [0.3, 0.4) is 0 Å². The highest BCUT2D eigenvalue weighted by atomic mass is 32.2. The Morgan fingerprint density at radius 3 is 2.19 bits per heavy atom. The van der Waals surface area contributed by atoms with Crippen LogP contribution in [0.5, 0.6) is 5.75 Å². The van der Waals surface area contributed by atoms with E-state index in [1.54, 1.807) is 31.4 Å². The summed E-state index contributed by atoms with van der Waals surface area (Å²) in [4.78, 5) is 13.1. The molecular formula is C24H26N2O4S. The van der Waals surface area contributed by atoms with Gasteiger partial charge in [-0.3, -0.25) is 9.10 Å². The summed E-state index contributed by atoms with van der Waals surface area (Å²) in [6.45, 7) is 2.01. The topological polar surface area (TPSA) is 75.7 Å². The SMILES string of the molecule is COc1ccc([C@@H](C)NC(=O)c2ccccc2N(Cc2ccccc2)S(C)(=O)=O)cc1. The molecule has 0 aromatic heterocycles. The quantitative estimate of drug-likeness (QED) is 0.573. The monoisotopic (exact) mass is 438 g/mol. The summed E-state index contributed by atoms with van der Waals surface area (Å²) < 4.78 is 31.6. The molecule has 3 aromatic carbocycles. The fourth-order valence-electron chi connectivity index (χ4n) is 3.26. The van der Waals surface area contributed by atoms with E-state index >= 15 is 0 Å². The van der Waals surface area contributed by atoms with Gasteiger partial charge in [-0.2, -0.15) is 0 Å². The minimum Gasteiger partial charge on any atom is -0.497 e. The first-order valence-corrected chi connectivity index (χ1v) is 11.7. The van der Waals surface area contributed by atoms with Crippen LogP contribution in [-0.4, -0.2) is 27.7 Å². The Labute approximate surface area is 183 Å². The van der Waals surface area contributed by atoms with Crippen molar-refractivity contribution >= 4 is 21.6 Å². The lowest BCUT2D eigenvalue weighted by Gasteiger charge is -2.25. The summed E-state index contributed by atoms with van der Waals surface area (Å²) in [5, 5.41) is 2.96. The number of carbonyl (C=O) groups excluding carboxylic acids is 1. The zero-order valence-corrected chi connectivity index (χ0v) is 18.6. The van der Waals surface area contributed by atoms with Crippen molar-refractivity contribution in [3.05, 3.63) is 95.6 Å². The first-order chi connectivity index (χ1) is 14.8. The number of hydrogen-bond donors (Lipinski definition) is 1. The van der Waals surface area contributed by atoms with Crippen molar-refractivity contribution in [1.29, 1.82) is 0 Å². The van der Waals surface area contributed by atoms with Crippen LogP contribution in [-0.2, 0) is 16.6 Å². The third kappa shape index (κ3) is 5.64. The average Bonchev–Trinajstić information content (AvgIpc) is 2.77. The second-order valence-corrected chi connectivity index (χ2v) is 9.15. The molecule has 1 N–H and O–H groups in total. The Morgan fingerprint density at radius 2 is 1.58 bits per heavy atom. The van der Waals surface area contributed by atoms with Gasteiger partial charge >= 0.3 is 0 Å². The Hall–Kier alpha value is -3.32. The number of ether oxygens (including phenoxy) is 1. The van der Waals surface area contributed by atoms with E-state index in [9.17, 15) is 13.2 Å². The van der Waals surface area contributed by atoms with E-state index in [1.807, 2.05) is 61.5 Å². The third-order valence-corrected chi connectivity index (χ3v) is 6.08. The predicted molar refractivity (Wildman–Crippen MR) is 123 cm³/mol. The molecule has 0 aliphatic rings. The van der Waals surface area contributed by atoms with Gasteiger partial charge in [-0.15, -0.1) is 0 Å². The van der Waals surface area contributed by atoms with Crippen molar-refractivity contribution in [2.24, 2.45) is 0 Å². The number of methoxy groups -OCH3 is 1. The minimum absolute atomic E-state index is 0.137. The van der Waals surface area contributed by atoms with Crippen LogP contribution in [0.1, 0.15) is 34.5 Å². The highest BCUT2D eigenvalue weighted by Crippen LogP contribution is 2.26. The minimum atomic E-state index is -3.62. The second-order valence-electron chi connectivity index (χ2n) is 7.24. The summed E-state index contributed by atoms with van der Waals surface area (Å²) in [6, 6.07) is 23.2. The molecule has 0 aliphatic heterocycles. The van der Waals surface area contributed by atoms with Gasteiger partial charge in [0.25, 0.3) is 5.91 Å². The molecule has 3 rings (SSSR count). The maximum absolute atomic E-state index is 13.1. The largest absolute Gasteiger partial charge is 0.497 e. The molecule has 1 atom stereocenters. The van der Waals surface area contributed by atoms with E-state index in [1.165, 1.54) is 4.31 Å². The van der Waals surface area contributed by atoms with Gasteiger partial charge in [-0.1, -0.05) is 54.6 Å². The van der Waals surface area contributed by atoms with Crippen LogP contribution in [0.2, 0.25) is 0 Å². The van der Waals surface area contributed by atoms with Crippen molar-refractivity contribution < 1.29 is 17.9 Å². The van der Waals surface area contributed by atoms with Crippen molar-refractivity contribution in [3.63, 3.8) is 0 Å². The number of sulfonamides is 1. The molecule has 0 radical (unpaired) electrons. The van der Waals surface area contributed by atoms with E-state index < -0.39 is 10.0 Å². The molecule has 1 amide bonds. The zero-order chi connectivity index (χ0) is 22.4. The molecule has 0 unspecified atom stereocenters. The number of anilines is 1. The van der Waals surface area contributed by atoms with E-state index in [0.29, 0.717) is 11.3 Å². The molecule has 6 nitrogen and oxygen atoms in total. The predicted octanol–water partition coefficient (Wildman–Crippen LogP) is 4.15. The van der Waals surface area contributed by atoms with Crippen LogP contribution in [0.15, 0.2) is 78.9 Å². The molecule has 0 bridgehead atoms. The normalized spacial score (nSPS) is 12.1. The number of amides is 1. The van der Waals surface area contributed by atoms with Crippen molar-refractivity contribution in [1.82, 2.24) is 5.32 Å². The maximum atomic E-state index is 13.1. The molecule has 31 heavy (non-hydrogen) atoms.